The minimum Gasteiger partial charge on any atom is -0.484 e. The Hall–Kier alpha value is -13.5. The van der Waals surface area contributed by atoms with Crippen LogP contribution in [0.1, 0.15) is 122 Å². The molecule has 11 atom stereocenters. The summed E-state index contributed by atoms with van der Waals surface area (Å²) in [6.45, 7) is -2.67. The van der Waals surface area contributed by atoms with E-state index in [0.29, 0.717) is 45.8 Å². The smallest absolute Gasteiger partial charge is 0.331 e. The Labute approximate surface area is 708 Å². The van der Waals surface area contributed by atoms with E-state index in [1.54, 1.807) is 169 Å². The molecule has 9 rings (SSSR count). The lowest BCUT2D eigenvalue weighted by molar-refractivity contribution is -0.525. The van der Waals surface area contributed by atoms with Gasteiger partial charge < -0.3 is 86.7 Å². The first kappa shape index (κ1) is 93.4. The van der Waals surface area contributed by atoms with Gasteiger partial charge in [0.25, 0.3) is 17.8 Å². The molecule has 0 unspecified atom stereocenters. The van der Waals surface area contributed by atoms with Gasteiger partial charge in [-0.25, -0.2) is 25.0 Å². The maximum Gasteiger partial charge on any atom is 0.331 e. The zero-order chi connectivity index (χ0) is 88.1. The van der Waals surface area contributed by atoms with Gasteiger partial charge in [-0.1, -0.05) is 176 Å². The van der Waals surface area contributed by atoms with Crippen molar-refractivity contribution in [2.45, 2.75) is 165 Å². The highest BCUT2D eigenvalue weighted by molar-refractivity contribution is 5.98. The molecule has 0 radical (unpaired) electrons. The number of aryl methyl sites for hydroxylation is 1. The molecule has 0 heterocycles. The predicted octanol–water partition coefficient (Wildman–Crippen LogP) is 3.04. The summed E-state index contributed by atoms with van der Waals surface area (Å²) in [6.07, 6.45) is 2.60. The highest BCUT2D eigenvalue weighted by atomic mass is 16.7. The lowest BCUT2D eigenvalue weighted by atomic mass is 9.55. The Bertz CT molecular complexity index is 4600. The molecule has 38 nitrogen and oxygen atoms in total. The van der Waals surface area contributed by atoms with Gasteiger partial charge >= 0.3 is 17.9 Å². The number of rotatable bonds is 47. The molecule has 0 bridgehead atoms. The Balaban J connectivity index is 0.898. The summed E-state index contributed by atoms with van der Waals surface area (Å²) in [4.78, 5) is 178. The molecule has 38 heteroatoms. The van der Waals surface area contributed by atoms with Crippen molar-refractivity contribution in [2.24, 2.45) is 17.3 Å². The molecule has 0 aromatic heterocycles. The number of amides is 8. The fraction of sp³-hybridized carbons (Fsp3) is 0.424. The number of hydrazine groups is 2. The molecule has 6 aromatic carbocycles. The van der Waals surface area contributed by atoms with E-state index in [1.807, 2.05) is 12.1 Å². The summed E-state index contributed by atoms with van der Waals surface area (Å²) in [5, 5.41) is 71.5. The molecular weight excluding hydrogens is 1600 g/mol. The summed E-state index contributed by atoms with van der Waals surface area (Å²) in [6, 6.07) is 38.4. The Morgan fingerprint density at radius 3 is 1.36 bits per heavy atom. The molecule has 6 aromatic rings. The lowest BCUT2D eigenvalue weighted by Gasteiger charge is -2.50. The number of nitro groups is 2. The molecule has 15 N–H and O–H groups in total. The molecule has 123 heavy (non-hydrogen) atoms. The second kappa shape index (κ2) is 48.1. The SMILES string of the molecule is C[C@]12CC[C@@H]3c4ccc(OCC(=O)N[C@@H](CCCNC(=N)N[N+](=O)[O-])C(=O)NCC(=O)N[C@@H](CC(=O)OCc5ccccc5)C(=O)N[C@@H](COCc5ccccc5)C(=O)N[C@@H](CCCNC(=N)N[N+](=O)[O-])C(=O)NCC(=O)N[C@@H](CC(=O)OCc5ccccc5)C(=O)N[C@@H](COCc5ccccc5)C(=O)OCc5ccccc5)cc4CC[C@H]3[C@@H]1CC[C@@H]2O. The average Bonchev–Trinajstić information content (AvgIpc) is 1.65. The monoisotopic (exact) mass is 1700 g/mol. The van der Waals surface area contributed by atoms with E-state index in [0.717, 1.165) is 49.7 Å². The fourth-order valence-electron chi connectivity index (χ4n) is 15.0. The van der Waals surface area contributed by atoms with Gasteiger partial charge in [0.05, 0.1) is 58.5 Å². The van der Waals surface area contributed by atoms with Gasteiger partial charge in [-0.15, -0.1) is 0 Å². The van der Waals surface area contributed by atoms with Gasteiger partial charge in [-0.05, 0) is 138 Å². The van der Waals surface area contributed by atoms with E-state index in [1.165, 1.54) is 5.56 Å². The van der Waals surface area contributed by atoms with Crippen LogP contribution in [0.25, 0.3) is 0 Å². The van der Waals surface area contributed by atoms with Crippen molar-refractivity contribution in [1.82, 2.24) is 64.0 Å². The van der Waals surface area contributed by atoms with Crippen LogP contribution in [-0.4, -0.2) is 181 Å². The second-order valence-corrected chi connectivity index (χ2v) is 30.1. The molecule has 3 aliphatic carbocycles. The maximum absolute atomic E-state index is 14.9. The summed E-state index contributed by atoms with van der Waals surface area (Å²) < 4.78 is 34.4. The normalized spacial score (nSPS) is 17.4. The number of hydrogen-bond acceptors (Lipinski definition) is 24. The van der Waals surface area contributed by atoms with Gasteiger partial charge in [0.1, 0.15) is 55.8 Å². The van der Waals surface area contributed by atoms with Crippen LogP contribution in [0.5, 0.6) is 5.75 Å². The van der Waals surface area contributed by atoms with Gasteiger partial charge in [-0.3, -0.25) is 58.8 Å². The second-order valence-electron chi connectivity index (χ2n) is 30.1. The third-order valence-corrected chi connectivity index (χ3v) is 21.3. The fourth-order valence-corrected chi connectivity index (χ4v) is 15.0. The van der Waals surface area contributed by atoms with Crippen LogP contribution in [0.4, 0.5) is 0 Å². The molecule has 656 valence electrons. The quantitative estimate of drug-likeness (QED) is 0.00496. The number of carbonyl (C=O) groups is 11. The van der Waals surface area contributed by atoms with Crippen LogP contribution in [0, 0.1) is 48.3 Å². The standard InChI is InChI=1S/C85H104N16O22/c1-85-38-37-62-61-34-32-60(41-59(61)31-33-63(62)64(85)35-36-71(85)102)120-53-74(105)92-65(29-17-39-88-83(86)98-100(114)115)77(108)90-44-72(103)93-67(42-75(106)121-48-56-23-11-4-12-24-56)79(110)96-69(51-118-46-54-19-7-2-8-20-54)81(112)95-66(30-18-40-89-84(87)99-101(116)117)78(109)91-45-73(104)94-68(43-76(107)122-49-57-25-13-5-14-26-57)80(111)97-70(52-119-47-55-21-9-3-10-22-55)82(113)123-50-58-27-15-6-16-28-58/h2-16,19-28,32,34,41,62-71,102H,17-18,29-31,33,35-40,42-53H2,1H3,(H,90,108)(H,91,109)(H,92,105)(H,93,103)(H,94,104)(H,95,112)(H,96,110)(H,97,111)(H3,86,88,98)(H3,87,89,99)/t62-,63-,64+,65+,66+,67+,68+,69+,70+,71+,85+/m1/s1. The number of benzene rings is 6. The van der Waals surface area contributed by atoms with Gasteiger partial charge in [-0.2, -0.15) is 0 Å². The van der Waals surface area contributed by atoms with Crippen molar-refractivity contribution < 1.29 is 96.3 Å². The number of nitrogens with one attached hydrogen (secondary N) is 14. The third kappa shape index (κ3) is 30.9. The van der Waals surface area contributed by atoms with Crippen LogP contribution >= 0.6 is 0 Å². The molecule has 2 fully saturated rings. The first-order valence-electron chi connectivity index (χ1n) is 40.3. The van der Waals surface area contributed by atoms with Gasteiger partial charge in [0.15, 0.2) is 22.7 Å². The lowest BCUT2D eigenvalue weighted by Crippen LogP contribution is -2.59. The van der Waals surface area contributed by atoms with Gasteiger partial charge in [0, 0.05) is 13.1 Å². The third-order valence-electron chi connectivity index (χ3n) is 21.3. The van der Waals surface area contributed by atoms with Gasteiger partial charge in [0.2, 0.25) is 41.4 Å². The van der Waals surface area contributed by atoms with Crippen LogP contribution < -0.4 is 68.8 Å². The molecule has 8 amide bonds. The number of aliphatic hydroxyl groups is 1. The molecule has 2 saturated carbocycles. The number of aliphatic hydroxyl groups excluding tert-OH is 1. The van der Waals surface area contributed by atoms with Crippen LogP contribution in [-0.2, 0) is 116 Å². The van der Waals surface area contributed by atoms with E-state index < -0.39 is 169 Å². The molecular formula is C85H104N16O22. The minimum absolute atomic E-state index is 0.00472. The van der Waals surface area contributed by atoms with Crippen molar-refractivity contribution >= 4 is 77.1 Å². The zero-order valence-electron chi connectivity index (χ0n) is 67.8. The van der Waals surface area contributed by atoms with E-state index in [4.69, 9.17) is 39.2 Å². The molecule has 0 aliphatic heterocycles. The predicted molar refractivity (Wildman–Crippen MR) is 440 cm³/mol. The number of nitrogens with zero attached hydrogens (tertiary/aromatic N) is 2. The average molecular weight is 1700 g/mol. The van der Waals surface area contributed by atoms with Crippen molar-refractivity contribution in [1.29, 1.82) is 10.8 Å². The molecule has 3 aliphatic rings. The Morgan fingerprint density at radius 2 is 0.886 bits per heavy atom. The number of hydrogen-bond donors (Lipinski definition) is 15. The van der Waals surface area contributed by atoms with E-state index in [9.17, 15) is 78.1 Å². The summed E-state index contributed by atoms with van der Waals surface area (Å²) >= 11 is 0. The number of esters is 3. The summed E-state index contributed by atoms with van der Waals surface area (Å²) in [5.41, 5.74) is 8.52. The minimum atomic E-state index is -1.93. The first-order valence-corrected chi connectivity index (χ1v) is 40.3. The van der Waals surface area contributed by atoms with Crippen molar-refractivity contribution in [3.05, 3.63) is 229 Å². The number of fused-ring (bicyclic) bond motifs is 5. The van der Waals surface area contributed by atoms with E-state index in [2.05, 4.69) is 60.1 Å². The highest BCUT2D eigenvalue weighted by Crippen LogP contribution is 2.61. The maximum atomic E-state index is 14.9. The number of ether oxygens (including phenoxy) is 6. The molecule has 0 spiro atoms. The summed E-state index contributed by atoms with van der Waals surface area (Å²) in [5.74, 6) is -11.3. The topological polar surface area (TPSA) is 542 Å². The largest absolute Gasteiger partial charge is 0.484 e. The summed E-state index contributed by atoms with van der Waals surface area (Å²) in [7, 11) is 0. The van der Waals surface area contributed by atoms with Crippen molar-refractivity contribution in [3.63, 3.8) is 0 Å². The Morgan fingerprint density at radius 1 is 0.472 bits per heavy atom. The van der Waals surface area contributed by atoms with Crippen LogP contribution in [0.2, 0.25) is 0 Å². The van der Waals surface area contributed by atoms with Crippen molar-refractivity contribution in [3.8, 4) is 5.75 Å². The number of guanidine groups is 2. The van der Waals surface area contributed by atoms with Crippen molar-refractivity contribution in [2.75, 3.05) is 46.0 Å². The molecule has 0 saturated heterocycles. The van der Waals surface area contributed by atoms with Crippen LogP contribution in [0.15, 0.2) is 170 Å². The highest BCUT2D eigenvalue weighted by Gasteiger charge is 2.54. The van der Waals surface area contributed by atoms with Crippen LogP contribution in [0.3, 0.4) is 0 Å². The number of carbonyl (C=O) groups excluding carboxylic acids is 11. The van der Waals surface area contributed by atoms with E-state index >= 15 is 0 Å². The van der Waals surface area contributed by atoms with E-state index in [-0.39, 0.29) is 83.3 Å². The Kier molecular flexibility index (Phi) is 36.5. The zero-order valence-corrected chi connectivity index (χ0v) is 67.8. The first-order chi connectivity index (χ1) is 59.2.